The highest BCUT2D eigenvalue weighted by molar-refractivity contribution is 6.31. The van der Waals surface area contributed by atoms with Crippen LogP contribution in [0, 0.1) is 0 Å². The van der Waals surface area contributed by atoms with Gasteiger partial charge in [-0.15, -0.1) is 0 Å². The van der Waals surface area contributed by atoms with E-state index in [1.807, 2.05) is 30.3 Å². The maximum atomic E-state index is 13.0. The van der Waals surface area contributed by atoms with Crippen molar-refractivity contribution in [3.63, 3.8) is 0 Å². The summed E-state index contributed by atoms with van der Waals surface area (Å²) < 4.78 is 6.92. The molecule has 4 rings (SSSR count). The Labute approximate surface area is 178 Å². The molecule has 1 amide bonds. The highest BCUT2D eigenvalue weighted by Gasteiger charge is 2.42. The number of anilines is 1. The number of pyridine rings is 1. The Morgan fingerprint density at radius 3 is 2.63 bits per heavy atom. The van der Waals surface area contributed by atoms with Crippen molar-refractivity contribution in [3.05, 3.63) is 98.9 Å². The van der Waals surface area contributed by atoms with E-state index in [0.29, 0.717) is 16.3 Å². The van der Waals surface area contributed by atoms with Crippen LogP contribution in [0.1, 0.15) is 28.4 Å². The maximum Gasteiger partial charge on any atom is 0.339 e. The van der Waals surface area contributed by atoms with Gasteiger partial charge in [-0.3, -0.25) is 9.59 Å². The van der Waals surface area contributed by atoms with Crippen LogP contribution in [0.15, 0.2) is 71.7 Å². The van der Waals surface area contributed by atoms with E-state index in [1.165, 1.54) is 16.7 Å². The largest absolute Gasteiger partial charge is 0.445 e. The summed E-state index contributed by atoms with van der Waals surface area (Å²) in [5, 5.41) is 3.32. The average molecular weight is 423 g/mol. The zero-order valence-electron chi connectivity index (χ0n) is 16.2. The van der Waals surface area contributed by atoms with Gasteiger partial charge in [0.05, 0.1) is 17.8 Å². The molecule has 2 aromatic carbocycles. The molecule has 1 N–H and O–H groups in total. The van der Waals surface area contributed by atoms with E-state index in [2.05, 4.69) is 5.32 Å². The molecule has 0 spiro atoms. The molecule has 1 aliphatic rings. The van der Waals surface area contributed by atoms with Gasteiger partial charge in [0.25, 0.3) is 11.5 Å². The number of nitrogens with one attached hydrogen (secondary N) is 1. The molecular formula is C23H19ClN2O4. The third-order valence-corrected chi connectivity index (χ3v) is 5.47. The van der Waals surface area contributed by atoms with Crippen LogP contribution < -0.4 is 10.9 Å². The van der Waals surface area contributed by atoms with Gasteiger partial charge < -0.3 is 14.6 Å². The number of benzene rings is 2. The summed E-state index contributed by atoms with van der Waals surface area (Å²) >= 11 is 6.19. The normalized spacial score (nSPS) is 17.7. The van der Waals surface area contributed by atoms with E-state index in [-0.39, 0.29) is 18.5 Å². The van der Waals surface area contributed by atoms with E-state index in [4.69, 9.17) is 16.3 Å². The fourth-order valence-corrected chi connectivity index (χ4v) is 3.66. The van der Waals surface area contributed by atoms with Crippen LogP contribution in [0.3, 0.4) is 0 Å². The Morgan fingerprint density at radius 2 is 1.83 bits per heavy atom. The molecule has 2 heterocycles. The minimum atomic E-state index is -1.35. The number of esters is 1. The summed E-state index contributed by atoms with van der Waals surface area (Å²) in [5.41, 5.74) is 0.857. The fraction of sp³-hybridized carbons (Fsp3) is 0.174. The molecule has 30 heavy (non-hydrogen) atoms. The average Bonchev–Trinajstić information content (AvgIpc) is 2.72. The van der Waals surface area contributed by atoms with Gasteiger partial charge in [0.2, 0.25) is 0 Å². The molecule has 1 atom stereocenters. The molecule has 0 saturated heterocycles. The van der Waals surface area contributed by atoms with Gasteiger partial charge in [-0.25, -0.2) is 4.79 Å². The quantitative estimate of drug-likeness (QED) is 0.651. The minimum Gasteiger partial charge on any atom is -0.445 e. The zero-order valence-corrected chi connectivity index (χ0v) is 17.0. The Kier molecular flexibility index (Phi) is 5.18. The summed E-state index contributed by atoms with van der Waals surface area (Å²) in [6.45, 7) is 1.85. The number of ether oxygens (including phenoxy) is 1. The highest BCUT2D eigenvalue weighted by atomic mass is 35.5. The van der Waals surface area contributed by atoms with Gasteiger partial charge in [0.1, 0.15) is 0 Å². The van der Waals surface area contributed by atoms with Crippen LogP contribution in [0.5, 0.6) is 0 Å². The monoisotopic (exact) mass is 422 g/mol. The second-order valence-corrected chi connectivity index (χ2v) is 7.79. The van der Waals surface area contributed by atoms with E-state index in [0.717, 1.165) is 11.1 Å². The number of carbonyl (C=O) groups excluding carboxylic acids is 2. The van der Waals surface area contributed by atoms with Crippen molar-refractivity contribution in [3.8, 4) is 0 Å². The first-order valence-corrected chi connectivity index (χ1v) is 9.80. The standard InChI is InChI=1S/C23H19ClN2O4/c1-23(12-15-6-2-4-8-18(15)21(28)30-23)22(29)25-17-10-11-20(27)26(14-17)13-16-7-3-5-9-19(16)24/h2-11,14H,12-13H2,1H3,(H,25,29). The number of halogens is 1. The smallest absolute Gasteiger partial charge is 0.339 e. The van der Waals surface area contributed by atoms with Crippen LogP contribution in [-0.4, -0.2) is 22.0 Å². The van der Waals surface area contributed by atoms with E-state index < -0.39 is 17.5 Å². The van der Waals surface area contributed by atoms with E-state index >= 15 is 0 Å². The lowest BCUT2D eigenvalue weighted by molar-refractivity contribution is -0.134. The summed E-state index contributed by atoms with van der Waals surface area (Å²) in [6.07, 6.45) is 1.81. The summed E-state index contributed by atoms with van der Waals surface area (Å²) in [4.78, 5) is 37.5. The number of rotatable bonds is 4. The number of hydrogen-bond donors (Lipinski definition) is 1. The number of fused-ring (bicyclic) bond motifs is 1. The third-order valence-electron chi connectivity index (χ3n) is 5.10. The highest BCUT2D eigenvalue weighted by Crippen LogP contribution is 2.29. The van der Waals surface area contributed by atoms with Crippen LogP contribution in [0.25, 0.3) is 0 Å². The topological polar surface area (TPSA) is 77.4 Å². The Bertz CT molecular complexity index is 1200. The number of aromatic nitrogens is 1. The van der Waals surface area contributed by atoms with Crippen LogP contribution in [0.4, 0.5) is 5.69 Å². The number of nitrogens with zero attached hydrogens (tertiary/aromatic N) is 1. The second-order valence-electron chi connectivity index (χ2n) is 7.38. The molecule has 0 fully saturated rings. The Hall–Kier alpha value is -3.38. The van der Waals surface area contributed by atoms with Crippen molar-refractivity contribution in [2.24, 2.45) is 0 Å². The molecule has 1 aliphatic heterocycles. The molecule has 0 bridgehead atoms. The second kappa shape index (κ2) is 7.80. The lowest BCUT2D eigenvalue weighted by Crippen LogP contribution is -2.49. The van der Waals surface area contributed by atoms with Crippen molar-refractivity contribution in [1.29, 1.82) is 0 Å². The van der Waals surface area contributed by atoms with Crippen LogP contribution >= 0.6 is 11.6 Å². The number of carbonyl (C=O) groups is 2. The Balaban J connectivity index is 1.56. The van der Waals surface area contributed by atoms with Crippen LogP contribution in [0.2, 0.25) is 5.02 Å². The first kappa shape index (κ1) is 19.9. The molecule has 0 saturated carbocycles. The van der Waals surface area contributed by atoms with Crippen molar-refractivity contribution < 1.29 is 14.3 Å². The molecule has 1 unspecified atom stereocenters. The lowest BCUT2D eigenvalue weighted by atomic mass is 9.89. The first-order chi connectivity index (χ1) is 14.4. The zero-order chi connectivity index (χ0) is 21.3. The lowest BCUT2D eigenvalue weighted by Gasteiger charge is -2.33. The minimum absolute atomic E-state index is 0.225. The summed E-state index contributed by atoms with van der Waals surface area (Å²) in [7, 11) is 0. The third kappa shape index (κ3) is 3.86. The number of cyclic esters (lactones) is 1. The van der Waals surface area contributed by atoms with Gasteiger partial charge in [-0.2, -0.15) is 0 Å². The molecular weight excluding hydrogens is 404 g/mol. The SMILES string of the molecule is CC1(C(=O)Nc2ccc(=O)n(Cc3ccccc3Cl)c2)Cc2ccccc2C(=O)O1. The van der Waals surface area contributed by atoms with Crippen LogP contribution in [-0.2, 0) is 22.5 Å². The maximum absolute atomic E-state index is 13.0. The number of hydrogen-bond acceptors (Lipinski definition) is 4. The number of amides is 1. The van der Waals surface area contributed by atoms with Gasteiger partial charge in [-0.1, -0.05) is 48.0 Å². The Morgan fingerprint density at radius 1 is 1.10 bits per heavy atom. The predicted octanol–water partition coefficient (Wildman–Crippen LogP) is 3.66. The predicted molar refractivity (Wildman–Crippen MR) is 114 cm³/mol. The summed E-state index contributed by atoms with van der Waals surface area (Å²) in [6, 6.07) is 17.2. The van der Waals surface area contributed by atoms with Gasteiger partial charge in [0.15, 0.2) is 5.60 Å². The van der Waals surface area contributed by atoms with Crippen molar-refractivity contribution in [1.82, 2.24) is 4.57 Å². The van der Waals surface area contributed by atoms with Crippen molar-refractivity contribution in [2.75, 3.05) is 5.32 Å². The molecule has 1 aromatic heterocycles. The summed E-state index contributed by atoms with van der Waals surface area (Å²) in [5.74, 6) is -0.994. The van der Waals surface area contributed by atoms with Gasteiger partial charge >= 0.3 is 5.97 Å². The van der Waals surface area contributed by atoms with E-state index in [1.54, 1.807) is 31.3 Å². The van der Waals surface area contributed by atoms with Crippen molar-refractivity contribution >= 4 is 29.2 Å². The molecule has 7 heteroatoms. The fourth-order valence-electron chi connectivity index (χ4n) is 3.46. The molecule has 0 radical (unpaired) electrons. The van der Waals surface area contributed by atoms with Gasteiger partial charge in [0, 0.05) is 23.7 Å². The first-order valence-electron chi connectivity index (χ1n) is 9.42. The molecule has 152 valence electrons. The molecule has 0 aliphatic carbocycles. The molecule has 3 aromatic rings. The van der Waals surface area contributed by atoms with Crippen molar-refractivity contribution in [2.45, 2.75) is 25.5 Å². The molecule has 6 nitrogen and oxygen atoms in total. The van der Waals surface area contributed by atoms with E-state index in [9.17, 15) is 14.4 Å². The van der Waals surface area contributed by atoms with Gasteiger partial charge in [-0.05, 0) is 36.2 Å².